The maximum atomic E-state index is 11.8. The second-order valence-electron chi connectivity index (χ2n) is 4.83. The SMILES string of the molecule is O=C(NCC(O)COc1ccccc1Br)C1CCNC1. The summed E-state index contributed by atoms with van der Waals surface area (Å²) in [7, 11) is 0. The second kappa shape index (κ2) is 7.61. The quantitative estimate of drug-likeness (QED) is 0.718. The van der Waals surface area contributed by atoms with E-state index < -0.39 is 6.10 Å². The summed E-state index contributed by atoms with van der Waals surface area (Å²) in [5.41, 5.74) is 0. The first-order chi connectivity index (χ1) is 9.66. The number of carbonyl (C=O) groups excluding carboxylic acids is 1. The Bertz CT molecular complexity index is 450. The number of ether oxygens (including phenoxy) is 1. The number of halogens is 1. The molecule has 0 saturated carbocycles. The van der Waals surface area contributed by atoms with Crippen LogP contribution in [0.4, 0.5) is 0 Å². The Kier molecular flexibility index (Phi) is 5.82. The highest BCUT2D eigenvalue weighted by Crippen LogP contribution is 2.23. The molecular weight excluding hydrogens is 324 g/mol. The fourth-order valence-corrected chi connectivity index (χ4v) is 2.45. The molecule has 2 rings (SSSR count). The molecule has 2 atom stereocenters. The minimum atomic E-state index is -0.722. The van der Waals surface area contributed by atoms with E-state index >= 15 is 0 Å². The monoisotopic (exact) mass is 342 g/mol. The molecule has 6 heteroatoms. The largest absolute Gasteiger partial charge is 0.490 e. The van der Waals surface area contributed by atoms with E-state index in [0.717, 1.165) is 24.0 Å². The number of para-hydroxylation sites is 1. The van der Waals surface area contributed by atoms with Crippen molar-refractivity contribution in [3.8, 4) is 5.75 Å². The number of hydrogen-bond donors (Lipinski definition) is 3. The van der Waals surface area contributed by atoms with E-state index in [9.17, 15) is 9.90 Å². The van der Waals surface area contributed by atoms with Gasteiger partial charge in [0.25, 0.3) is 0 Å². The summed E-state index contributed by atoms with van der Waals surface area (Å²) < 4.78 is 6.34. The molecular formula is C14H19BrN2O3. The van der Waals surface area contributed by atoms with Crippen LogP contribution in [0.2, 0.25) is 0 Å². The van der Waals surface area contributed by atoms with Crippen LogP contribution in [-0.2, 0) is 4.79 Å². The smallest absolute Gasteiger partial charge is 0.224 e. The molecule has 2 unspecified atom stereocenters. The van der Waals surface area contributed by atoms with Crippen LogP contribution in [0.5, 0.6) is 5.75 Å². The Balaban J connectivity index is 1.69. The van der Waals surface area contributed by atoms with Crippen LogP contribution in [0, 0.1) is 5.92 Å². The Hall–Kier alpha value is -1.11. The third-order valence-electron chi connectivity index (χ3n) is 3.21. The van der Waals surface area contributed by atoms with Crippen molar-refractivity contribution in [1.82, 2.24) is 10.6 Å². The summed E-state index contributed by atoms with van der Waals surface area (Å²) in [5.74, 6) is 0.694. The minimum absolute atomic E-state index is 0.00468. The number of benzene rings is 1. The number of nitrogens with one attached hydrogen (secondary N) is 2. The minimum Gasteiger partial charge on any atom is -0.490 e. The molecule has 0 radical (unpaired) electrons. The summed E-state index contributed by atoms with van der Waals surface area (Å²) in [5, 5.41) is 15.7. The third-order valence-corrected chi connectivity index (χ3v) is 3.87. The van der Waals surface area contributed by atoms with Gasteiger partial charge in [0.05, 0.1) is 10.4 Å². The molecule has 1 fully saturated rings. The molecule has 1 amide bonds. The maximum Gasteiger partial charge on any atom is 0.224 e. The number of rotatable bonds is 6. The van der Waals surface area contributed by atoms with Gasteiger partial charge in [-0.2, -0.15) is 0 Å². The van der Waals surface area contributed by atoms with Gasteiger partial charge in [0.2, 0.25) is 5.91 Å². The number of aliphatic hydroxyl groups excluding tert-OH is 1. The average Bonchev–Trinajstić information content (AvgIpc) is 2.98. The van der Waals surface area contributed by atoms with Crippen molar-refractivity contribution in [3.63, 3.8) is 0 Å². The predicted octanol–water partition coefficient (Wildman–Crippen LogP) is 0.914. The Morgan fingerprint density at radius 2 is 2.35 bits per heavy atom. The van der Waals surface area contributed by atoms with Crippen LogP contribution in [0.15, 0.2) is 28.7 Å². The van der Waals surface area contributed by atoms with Crippen molar-refractivity contribution < 1.29 is 14.6 Å². The zero-order chi connectivity index (χ0) is 14.4. The van der Waals surface area contributed by atoms with Crippen molar-refractivity contribution in [2.45, 2.75) is 12.5 Å². The van der Waals surface area contributed by atoms with E-state index in [1.54, 1.807) is 0 Å². The number of hydrogen-bond acceptors (Lipinski definition) is 4. The highest BCUT2D eigenvalue weighted by molar-refractivity contribution is 9.10. The fourth-order valence-electron chi connectivity index (χ4n) is 2.05. The van der Waals surface area contributed by atoms with Gasteiger partial charge in [-0.05, 0) is 41.0 Å². The zero-order valence-electron chi connectivity index (χ0n) is 11.1. The van der Waals surface area contributed by atoms with Gasteiger partial charge in [0.1, 0.15) is 18.5 Å². The first-order valence-electron chi connectivity index (χ1n) is 6.70. The summed E-state index contributed by atoms with van der Waals surface area (Å²) in [6, 6.07) is 7.45. The van der Waals surface area contributed by atoms with Crippen LogP contribution in [-0.4, -0.2) is 43.4 Å². The van der Waals surface area contributed by atoms with Crippen molar-refractivity contribution in [3.05, 3.63) is 28.7 Å². The molecule has 1 aromatic carbocycles. The van der Waals surface area contributed by atoms with E-state index in [-0.39, 0.29) is 25.0 Å². The molecule has 20 heavy (non-hydrogen) atoms. The van der Waals surface area contributed by atoms with Gasteiger partial charge in [-0.15, -0.1) is 0 Å². The second-order valence-corrected chi connectivity index (χ2v) is 5.68. The molecule has 1 aliphatic heterocycles. The van der Waals surface area contributed by atoms with E-state index in [1.165, 1.54) is 0 Å². The Morgan fingerprint density at radius 1 is 1.55 bits per heavy atom. The standard InChI is InChI=1S/C14H19BrN2O3/c15-12-3-1-2-4-13(12)20-9-11(18)8-17-14(19)10-5-6-16-7-10/h1-4,10-11,16,18H,5-9H2,(H,17,19). The zero-order valence-corrected chi connectivity index (χ0v) is 12.7. The van der Waals surface area contributed by atoms with Gasteiger partial charge in [0.15, 0.2) is 0 Å². The van der Waals surface area contributed by atoms with Crippen molar-refractivity contribution in [1.29, 1.82) is 0 Å². The first kappa shape index (κ1) is 15.3. The lowest BCUT2D eigenvalue weighted by Gasteiger charge is -2.15. The van der Waals surface area contributed by atoms with E-state index in [4.69, 9.17) is 4.74 Å². The van der Waals surface area contributed by atoms with Gasteiger partial charge in [0, 0.05) is 13.1 Å². The summed E-state index contributed by atoms with van der Waals surface area (Å²) in [4.78, 5) is 11.8. The normalized spacial score (nSPS) is 19.6. The Morgan fingerprint density at radius 3 is 3.05 bits per heavy atom. The average molecular weight is 343 g/mol. The highest BCUT2D eigenvalue weighted by Gasteiger charge is 2.22. The van der Waals surface area contributed by atoms with Gasteiger partial charge >= 0.3 is 0 Å². The fraction of sp³-hybridized carbons (Fsp3) is 0.500. The first-order valence-corrected chi connectivity index (χ1v) is 7.50. The molecule has 3 N–H and O–H groups in total. The molecule has 5 nitrogen and oxygen atoms in total. The number of amides is 1. The van der Waals surface area contributed by atoms with Crippen LogP contribution >= 0.6 is 15.9 Å². The molecule has 1 aliphatic rings. The molecule has 0 bridgehead atoms. The van der Waals surface area contributed by atoms with Crippen LogP contribution < -0.4 is 15.4 Å². The molecule has 0 spiro atoms. The van der Waals surface area contributed by atoms with Gasteiger partial charge < -0.3 is 20.5 Å². The molecule has 1 heterocycles. The maximum absolute atomic E-state index is 11.8. The van der Waals surface area contributed by atoms with E-state index in [1.807, 2.05) is 24.3 Å². The molecule has 1 aromatic rings. The summed E-state index contributed by atoms with van der Waals surface area (Å²) >= 11 is 3.37. The summed E-state index contributed by atoms with van der Waals surface area (Å²) in [6.45, 7) is 1.95. The van der Waals surface area contributed by atoms with Gasteiger partial charge in [-0.3, -0.25) is 4.79 Å². The van der Waals surface area contributed by atoms with Gasteiger partial charge in [-0.1, -0.05) is 12.1 Å². The molecule has 1 saturated heterocycles. The predicted molar refractivity (Wildman–Crippen MR) is 79.6 cm³/mol. The van der Waals surface area contributed by atoms with E-state index in [2.05, 4.69) is 26.6 Å². The highest BCUT2D eigenvalue weighted by atomic mass is 79.9. The topological polar surface area (TPSA) is 70.6 Å². The van der Waals surface area contributed by atoms with Crippen molar-refractivity contribution >= 4 is 21.8 Å². The molecule has 0 aromatic heterocycles. The lowest BCUT2D eigenvalue weighted by Crippen LogP contribution is -2.39. The number of aliphatic hydroxyl groups is 1. The lowest BCUT2D eigenvalue weighted by atomic mass is 10.1. The molecule has 110 valence electrons. The third kappa shape index (κ3) is 4.47. The Labute approximate surface area is 126 Å². The van der Waals surface area contributed by atoms with Crippen LogP contribution in [0.25, 0.3) is 0 Å². The van der Waals surface area contributed by atoms with Crippen LogP contribution in [0.1, 0.15) is 6.42 Å². The lowest BCUT2D eigenvalue weighted by molar-refractivity contribution is -0.124. The van der Waals surface area contributed by atoms with Crippen LogP contribution in [0.3, 0.4) is 0 Å². The number of carbonyl (C=O) groups is 1. The van der Waals surface area contributed by atoms with Crippen molar-refractivity contribution in [2.24, 2.45) is 5.92 Å². The van der Waals surface area contributed by atoms with Gasteiger partial charge in [-0.25, -0.2) is 0 Å². The molecule has 0 aliphatic carbocycles. The summed E-state index contributed by atoms with van der Waals surface area (Å²) in [6.07, 6.45) is 0.135. The van der Waals surface area contributed by atoms with E-state index in [0.29, 0.717) is 5.75 Å². The van der Waals surface area contributed by atoms with Crippen molar-refractivity contribution in [2.75, 3.05) is 26.2 Å².